The summed E-state index contributed by atoms with van der Waals surface area (Å²) in [4.78, 5) is 18.9. The molecule has 148 valence electrons. The van der Waals surface area contributed by atoms with Crippen LogP contribution in [0.4, 0.5) is 4.39 Å². The van der Waals surface area contributed by atoms with Crippen LogP contribution in [0.15, 0.2) is 73.1 Å². The molecule has 2 heterocycles. The lowest BCUT2D eigenvalue weighted by molar-refractivity contribution is -0.0162. The number of piperidine rings is 1. The number of nitrogens with zero attached hydrogens (tertiary/aromatic N) is 2. The number of pyridine rings is 1. The van der Waals surface area contributed by atoms with Crippen LogP contribution in [-0.4, -0.2) is 39.6 Å². The zero-order chi connectivity index (χ0) is 20.3. The van der Waals surface area contributed by atoms with Crippen LogP contribution < -0.4 is 0 Å². The minimum absolute atomic E-state index is 0.140. The van der Waals surface area contributed by atoms with Gasteiger partial charge in [0.2, 0.25) is 0 Å². The van der Waals surface area contributed by atoms with Gasteiger partial charge >= 0.3 is 0 Å². The maximum atomic E-state index is 13.9. The van der Waals surface area contributed by atoms with Crippen LogP contribution in [-0.2, 0) is 6.42 Å². The van der Waals surface area contributed by atoms with E-state index in [2.05, 4.69) is 4.98 Å². The average molecular weight is 390 g/mol. The number of carbonyl (C=O) groups is 1. The Morgan fingerprint density at radius 3 is 2.41 bits per heavy atom. The van der Waals surface area contributed by atoms with Crippen molar-refractivity contribution < 1.29 is 14.3 Å². The molecule has 1 N–H and O–H groups in total. The summed E-state index contributed by atoms with van der Waals surface area (Å²) in [5.41, 5.74) is 2.05. The van der Waals surface area contributed by atoms with Crippen LogP contribution in [0.2, 0.25) is 0 Å². The van der Waals surface area contributed by atoms with Crippen LogP contribution in [0.25, 0.3) is 11.1 Å². The van der Waals surface area contributed by atoms with Gasteiger partial charge in [0.05, 0.1) is 5.60 Å². The first-order chi connectivity index (χ1) is 14.0. The lowest BCUT2D eigenvalue weighted by atomic mass is 9.85. The summed E-state index contributed by atoms with van der Waals surface area (Å²) in [6, 6.07) is 17.7. The molecule has 1 saturated heterocycles. The highest BCUT2D eigenvalue weighted by molar-refractivity contribution is 6.01. The Labute approximate surface area is 169 Å². The number of hydrogen-bond donors (Lipinski definition) is 1. The summed E-state index contributed by atoms with van der Waals surface area (Å²) in [5.74, 6) is -0.525. The van der Waals surface area contributed by atoms with E-state index in [0.29, 0.717) is 43.5 Å². The molecule has 29 heavy (non-hydrogen) atoms. The molecule has 1 aliphatic rings. The van der Waals surface area contributed by atoms with Crippen LogP contribution in [0.1, 0.15) is 28.8 Å². The Balaban J connectivity index is 1.51. The number of halogens is 1. The molecule has 4 rings (SSSR count). The Morgan fingerprint density at radius 1 is 1.03 bits per heavy atom. The first-order valence-electron chi connectivity index (χ1n) is 9.80. The van der Waals surface area contributed by atoms with Gasteiger partial charge in [-0.1, -0.05) is 30.3 Å². The van der Waals surface area contributed by atoms with Crippen molar-refractivity contribution in [2.75, 3.05) is 13.1 Å². The zero-order valence-electron chi connectivity index (χ0n) is 16.1. The number of benzene rings is 2. The second-order valence-electron chi connectivity index (χ2n) is 7.60. The average Bonchev–Trinajstić information content (AvgIpc) is 2.75. The van der Waals surface area contributed by atoms with Gasteiger partial charge in [0.1, 0.15) is 5.82 Å². The maximum absolute atomic E-state index is 13.9. The Hall–Kier alpha value is -3.05. The first kappa shape index (κ1) is 19.3. The summed E-state index contributed by atoms with van der Waals surface area (Å²) in [6.07, 6.45) is 4.85. The van der Waals surface area contributed by atoms with E-state index in [0.717, 1.165) is 11.1 Å². The van der Waals surface area contributed by atoms with Crippen molar-refractivity contribution in [2.24, 2.45) is 0 Å². The second-order valence-corrected chi connectivity index (χ2v) is 7.60. The summed E-state index contributed by atoms with van der Waals surface area (Å²) >= 11 is 0. The molecule has 1 aliphatic heterocycles. The standard InChI is InChI=1S/C24H23FN2O2/c25-20-6-7-21(22(16-20)19-8-12-26-13-9-19)23(28)27-14-10-24(29,11-15-27)17-18-4-2-1-3-5-18/h1-9,12-13,16,29H,10-11,14-15,17H2. The molecule has 1 aromatic heterocycles. The lowest BCUT2D eigenvalue weighted by Crippen LogP contribution is -2.47. The van der Waals surface area contributed by atoms with Gasteiger partial charge in [-0.3, -0.25) is 9.78 Å². The summed E-state index contributed by atoms with van der Waals surface area (Å²) in [5, 5.41) is 11.0. The van der Waals surface area contributed by atoms with Gasteiger partial charge in [-0.25, -0.2) is 4.39 Å². The molecule has 0 unspecified atom stereocenters. The number of likely N-dealkylation sites (tertiary alicyclic amines) is 1. The van der Waals surface area contributed by atoms with E-state index in [9.17, 15) is 14.3 Å². The number of aromatic nitrogens is 1. The molecule has 0 saturated carbocycles. The molecule has 0 bridgehead atoms. The van der Waals surface area contributed by atoms with E-state index in [1.165, 1.54) is 18.2 Å². The van der Waals surface area contributed by atoms with E-state index < -0.39 is 5.60 Å². The van der Waals surface area contributed by atoms with Crippen molar-refractivity contribution in [1.29, 1.82) is 0 Å². The van der Waals surface area contributed by atoms with Gasteiger partial charge < -0.3 is 10.0 Å². The largest absolute Gasteiger partial charge is 0.389 e. The second kappa shape index (κ2) is 8.13. The van der Waals surface area contributed by atoms with Crippen LogP contribution >= 0.6 is 0 Å². The van der Waals surface area contributed by atoms with Gasteiger partial charge in [0, 0.05) is 37.5 Å². The van der Waals surface area contributed by atoms with E-state index in [1.54, 1.807) is 29.4 Å². The van der Waals surface area contributed by atoms with Gasteiger partial charge in [0.15, 0.2) is 0 Å². The molecule has 0 aliphatic carbocycles. The molecule has 0 atom stereocenters. The minimum Gasteiger partial charge on any atom is -0.389 e. The van der Waals surface area contributed by atoms with Crippen molar-refractivity contribution in [3.05, 3.63) is 90.0 Å². The highest BCUT2D eigenvalue weighted by Gasteiger charge is 2.34. The van der Waals surface area contributed by atoms with Crippen LogP contribution in [0.3, 0.4) is 0 Å². The molecule has 1 amide bonds. The Bertz CT molecular complexity index is 984. The van der Waals surface area contributed by atoms with Crippen molar-refractivity contribution in [2.45, 2.75) is 24.9 Å². The van der Waals surface area contributed by atoms with Crippen molar-refractivity contribution in [3.8, 4) is 11.1 Å². The van der Waals surface area contributed by atoms with E-state index in [-0.39, 0.29) is 11.7 Å². The van der Waals surface area contributed by atoms with Crippen molar-refractivity contribution in [3.63, 3.8) is 0 Å². The topological polar surface area (TPSA) is 53.4 Å². The molecular weight excluding hydrogens is 367 g/mol. The monoisotopic (exact) mass is 390 g/mol. The van der Waals surface area contributed by atoms with Crippen LogP contribution in [0, 0.1) is 5.82 Å². The fourth-order valence-electron chi connectivity index (χ4n) is 3.92. The highest BCUT2D eigenvalue weighted by Crippen LogP contribution is 2.30. The molecule has 0 spiro atoms. The summed E-state index contributed by atoms with van der Waals surface area (Å²) in [7, 11) is 0. The molecule has 1 fully saturated rings. The Kier molecular flexibility index (Phi) is 5.41. The first-order valence-corrected chi connectivity index (χ1v) is 9.80. The predicted molar refractivity (Wildman–Crippen MR) is 110 cm³/mol. The molecule has 5 heteroatoms. The number of rotatable bonds is 4. The fraction of sp³-hybridized carbons (Fsp3) is 0.250. The smallest absolute Gasteiger partial charge is 0.254 e. The SMILES string of the molecule is O=C(c1ccc(F)cc1-c1ccncc1)N1CCC(O)(Cc2ccccc2)CC1. The van der Waals surface area contributed by atoms with Gasteiger partial charge in [-0.05, 0) is 59.9 Å². The fourth-order valence-corrected chi connectivity index (χ4v) is 3.92. The lowest BCUT2D eigenvalue weighted by Gasteiger charge is -2.38. The molecule has 3 aromatic rings. The van der Waals surface area contributed by atoms with Crippen LogP contribution in [0.5, 0.6) is 0 Å². The predicted octanol–water partition coefficient (Wildman–Crippen LogP) is 4.10. The van der Waals surface area contributed by atoms with E-state index in [4.69, 9.17) is 0 Å². The molecular formula is C24H23FN2O2. The van der Waals surface area contributed by atoms with Gasteiger partial charge in [0.25, 0.3) is 5.91 Å². The molecule has 4 nitrogen and oxygen atoms in total. The van der Waals surface area contributed by atoms with E-state index >= 15 is 0 Å². The quantitative estimate of drug-likeness (QED) is 0.730. The van der Waals surface area contributed by atoms with Gasteiger partial charge in [-0.15, -0.1) is 0 Å². The minimum atomic E-state index is -0.811. The van der Waals surface area contributed by atoms with Crippen molar-refractivity contribution in [1.82, 2.24) is 9.88 Å². The number of carbonyl (C=O) groups excluding carboxylic acids is 1. The number of aliphatic hydroxyl groups is 1. The van der Waals surface area contributed by atoms with Crippen molar-refractivity contribution >= 4 is 5.91 Å². The summed E-state index contributed by atoms with van der Waals surface area (Å²) in [6.45, 7) is 0.935. The third-order valence-electron chi connectivity index (χ3n) is 5.56. The zero-order valence-corrected chi connectivity index (χ0v) is 16.1. The van der Waals surface area contributed by atoms with E-state index in [1.807, 2.05) is 30.3 Å². The number of amides is 1. The molecule has 2 aromatic carbocycles. The normalized spacial score (nSPS) is 15.9. The highest BCUT2D eigenvalue weighted by atomic mass is 19.1. The summed E-state index contributed by atoms with van der Waals surface area (Å²) < 4.78 is 13.9. The third kappa shape index (κ3) is 4.35. The third-order valence-corrected chi connectivity index (χ3v) is 5.56. The maximum Gasteiger partial charge on any atom is 0.254 e. The number of hydrogen-bond acceptors (Lipinski definition) is 3. The Morgan fingerprint density at radius 2 is 1.72 bits per heavy atom. The molecule has 0 radical (unpaired) electrons. The van der Waals surface area contributed by atoms with Gasteiger partial charge in [-0.2, -0.15) is 0 Å².